The Hall–Kier alpha value is -1.64. The number of hydrogen-bond acceptors (Lipinski definition) is 2. The fourth-order valence-electron chi connectivity index (χ4n) is 1.89. The van der Waals surface area contributed by atoms with Gasteiger partial charge in [0.1, 0.15) is 0 Å². The van der Waals surface area contributed by atoms with E-state index in [9.17, 15) is 9.59 Å². The van der Waals surface area contributed by atoms with Crippen LogP contribution in [-0.2, 0) is 16.0 Å². The van der Waals surface area contributed by atoms with Crippen LogP contribution in [-0.4, -0.2) is 23.3 Å². The molecule has 0 aliphatic carbocycles. The second-order valence-electron chi connectivity index (χ2n) is 4.21. The highest BCUT2D eigenvalue weighted by atomic mass is 16.2. The van der Waals surface area contributed by atoms with E-state index in [1.165, 1.54) is 10.5 Å². The van der Waals surface area contributed by atoms with Crippen LogP contribution in [0, 0.1) is 6.92 Å². The summed E-state index contributed by atoms with van der Waals surface area (Å²) in [6, 6.07) is 7.84. The molecule has 0 bridgehead atoms. The maximum Gasteiger partial charge on any atom is 0.233 e. The molecule has 0 radical (unpaired) electrons. The molecule has 0 atom stereocenters. The molecule has 2 amide bonds. The van der Waals surface area contributed by atoms with Crippen molar-refractivity contribution in [2.24, 2.45) is 0 Å². The van der Waals surface area contributed by atoms with E-state index < -0.39 is 0 Å². The lowest BCUT2D eigenvalue weighted by atomic mass is 10.1. The van der Waals surface area contributed by atoms with Crippen molar-refractivity contribution < 1.29 is 9.59 Å². The summed E-state index contributed by atoms with van der Waals surface area (Å²) in [5.74, 6) is -0.108. The number of rotatable bonds is 2. The second-order valence-corrected chi connectivity index (χ2v) is 4.21. The van der Waals surface area contributed by atoms with Crippen molar-refractivity contribution in [3.05, 3.63) is 35.4 Å². The van der Waals surface area contributed by atoms with Gasteiger partial charge >= 0.3 is 0 Å². The minimum atomic E-state index is -0.0775. The predicted octanol–water partition coefficient (Wildman–Crippen LogP) is 1.69. The Morgan fingerprint density at radius 3 is 2.56 bits per heavy atom. The van der Waals surface area contributed by atoms with E-state index in [0.29, 0.717) is 19.4 Å². The molecule has 1 aliphatic rings. The normalized spacial score (nSPS) is 15.6. The summed E-state index contributed by atoms with van der Waals surface area (Å²) in [6.07, 6.45) is 1.64. The lowest BCUT2D eigenvalue weighted by Gasteiger charge is -2.13. The molecule has 1 aromatic carbocycles. The standard InChI is InChI=1S/C13H15NO2/c1-10-4-6-11(7-5-10)9-13(16)14-8-2-3-12(14)15/h4-7H,2-3,8-9H2,1H3. The molecule has 1 heterocycles. The molecule has 1 aliphatic heterocycles. The zero-order valence-electron chi connectivity index (χ0n) is 9.40. The molecular weight excluding hydrogens is 202 g/mol. The molecule has 3 nitrogen and oxygen atoms in total. The number of hydrogen-bond donors (Lipinski definition) is 0. The maximum atomic E-state index is 11.8. The summed E-state index contributed by atoms with van der Waals surface area (Å²) in [7, 11) is 0. The Labute approximate surface area is 95.1 Å². The van der Waals surface area contributed by atoms with E-state index in [1.54, 1.807) is 0 Å². The number of imide groups is 1. The average Bonchev–Trinajstić information content (AvgIpc) is 2.68. The fourth-order valence-corrected chi connectivity index (χ4v) is 1.89. The monoisotopic (exact) mass is 217 g/mol. The molecule has 84 valence electrons. The van der Waals surface area contributed by atoms with Crippen LogP contribution >= 0.6 is 0 Å². The highest BCUT2D eigenvalue weighted by Crippen LogP contribution is 2.12. The summed E-state index contributed by atoms with van der Waals surface area (Å²) < 4.78 is 0. The van der Waals surface area contributed by atoms with Gasteiger partial charge in [0.2, 0.25) is 11.8 Å². The van der Waals surface area contributed by atoms with Crippen LogP contribution in [0.3, 0.4) is 0 Å². The van der Waals surface area contributed by atoms with Crippen molar-refractivity contribution >= 4 is 11.8 Å². The van der Waals surface area contributed by atoms with E-state index in [-0.39, 0.29) is 11.8 Å². The molecular formula is C13H15NO2. The van der Waals surface area contributed by atoms with Crippen LogP contribution in [0.5, 0.6) is 0 Å². The smallest absolute Gasteiger partial charge is 0.233 e. The fraction of sp³-hybridized carbons (Fsp3) is 0.385. The molecule has 2 rings (SSSR count). The van der Waals surface area contributed by atoms with E-state index in [2.05, 4.69) is 0 Å². The van der Waals surface area contributed by atoms with Crippen molar-refractivity contribution in [1.29, 1.82) is 0 Å². The van der Waals surface area contributed by atoms with Gasteiger partial charge in [-0.1, -0.05) is 29.8 Å². The number of carbonyl (C=O) groups excluding carboxylic acids is 2. The minimum Gasteiger partial charge on any atom is -0.282 e. The molecule has 0 aromatic heterocycles. The molecule has 0 saturated carbocycles. The quantitative estimate of drug-likeness (QED) is 0.756. The van der Waals surface area contributed by atoms with Crippen molar-refractivity contribution in [1.82, 2.24) is 4.90 Å². The van der Waals surface area contributed by atoms with Crippen LogP contribution in [0.2, 0.25) is 0 Å². The van der Waals surface area contributed by atoms with Gasteiger partial charge in [0.25, 0.3) is 0 Å². The van der Waals surface area contributed by atoms with Crippen LogP contribution in [0.25, 0.3) is 0 Å². The summed E-state index contributed by atoms with van der Waals surface area (Å²) in [4.78, 5) is 24.6. The molecule has 16 heavy (non-hydrogen) atoms. The maximum absolute atomic E-state index is 11.8. The summed E-state index contributed by atoms with van der Waals surface area (Å²) >= 11 is 0. The molecule has 0 spiro atoms. The first-order valence-corrected chi connectivity index (χ1v) is 5.55. The highest BCUT2D eigenvalue weighted by Gasteiger charge is 2.25. The lowest BCUT2D eigenvalue weighted by Crippen LogP contribution is -2.33. The number of benzene rings is 1. The Balaban J connectivity index is 2.02. The average molecular weight is 217 g/mol. The van der Waals surface area contributed by atoms with Crippen molar-refractivity contribution in [3.8, 4) is 0 Å². The zero-order valence-corrected chi connectivity index (χ0v) is 9.40. The number of likely N-dealkylation sites (tertiary alicyclic amines) is 1. The van der Waals surface area contributed by atoms with Crippen LogP contribution in [0.1, 0.15) is 24.0 Å². The van der Waals surface area contributed by atoms with E-state index >= 15 is 0 Å². The molecule has 1 fully saturated rings. The first-order chi connectivity index (χ1) is 7.66. The van der Waals surface area contributed by atoms with Gasteiger partial charge in [-0.3, -0.25) is 14.5 Å². The molecule has 0 N–H and O–H groups in total. The van der Waals surface area contributed by atoms with Crippen molar-refractivity contribution in [3.63, 3.8) is 0 Å². The molecule has 1 saturated heterocycles. The molecule has 1 aromatic rings. The third-order valence-electron chi connectivity index (χ3n) is 2.85. The van der Waals surface area contributed by atoms with Crippen molar-refractivity contribution in [2.75, 3.05) is 6.54 Å². The van der Waals surface area contributed by atoms with Crippen LogP contribution in [0.4, 0.5) is 0 Å². The first-order valence-electron chi connectivity index (χ1n) is 5.55. The van der Waals surface area contributed by atoms with Gasteiger partial charge in [-0.05, 0) is 18.9 Å². The Morgan fingerprint density at radius 2 is 2.00 bits per heavy atom. The number of aryl methyl sites for hydroxylation is 1. The molecule has 0 unspecified atom stereocenters. The third-order valence-corrected chi connectivity index (χ3v) is 2.85. The minimum absolute atomic E-state index is 0.0305. The van der Waals surface area contributed by atoms with Gasteiger partial charge < -0.3 is 0 Å². The SMILES string of the molecule is Cc1ccc(CC(=O)N2CCCC2=O)cc1. The van der Waals surface area contributed by atoms with Gasteiger partial charge in [-0.25, -0.2) is 0 Å². The predicted molar refractivity (Wildman–Crippen MR) is 60.8 cm³/mol. The zero-order chi connectivity index (χ0) is 11.5. The van der Waals surface area contributed by atoms with E-state index in [4.69, 9.17) is 0 Å². The lowest BCUT2D eigenvalue weighted by molar-refractivity contribution is -0.141. The van der Waals surface area contributed by atoms with Gasteiger partial charge in [-0.15, -0.1) is 0 Å². The van der Waals surface area contributed by atoms with Crippen molar-refractivity contribution in [2.45, 2.75) is 26.2 Å². The number of amides is 2. The van der Waals surface area contributed by atoms with E-state index in [0.717, 1.165) is 12.0 Å². The summed E-state index contributed by atoms with van der Waals surface area (Å²) in [6.45, 7) is 2.60. The van der Waals surface area contributed by atoms with Crippen LogP contribution < -0.4 is 0 Å². The van der Waals surface area contributed by atoms with Gasteiger partial charge in [0.15, 0.2) is 0 Å². The van der Waals surface area contributed by atoms with Gasteiger partial charge in [-0.2, -0.15) is 0 Å². The summed E-state index contributed by atoms with van der Waals surface area (Å²) in [5, 5.41) is 0. The topological polar surface area (TPSA) is 37.4 Å². The molecule has 3 heteroatoms. The Bertz CT molecular complexity index is 408. The second kappa shape index (κ2) is 4.47. The summed E-state index contributed by atoms with van der Waals surface area (Å²) in [5.41, 5.74) is 2.14. The number of nitrogens with zero attached hydrogens (tertiary/aromatic N) is 1. The van der Waals surface area contributed by atoms with Gasteiger partial charge in [0, 0.05) is 13.0 Å². The Kier molecular flexibility index (Phi) is 3.04. The van der Waals surface area contributed by atoms with Gasteiger partial charge in [0.05, 0.1) is 6.42 Å². The highest BCUT2D eigenvalue weighted by molar-refractivity contribution is 5.97. The van der Waals surface area contributed by atoms with E-state index in [1.807, 2.05) is 31.2 Å². The number of carbonyl (C=O) groups is 2. The first kappa shape index (κ1) is 10.9. The van der Waals surface area contributed by atoms with Crippen LogP contribution in [0.15, 0.2) is 24.3 Å². The Morgan fingerprint density at radius 1 is 1.31 bits per heavy atom. The largest absolute Gasteiger partial charge is 0.282 e. The third kappa shape index (κ3) is 2.30.